The van der Waals surface area contributed by atoms with Crippen molar-refractivity contribution in [1.29, 1.82) is 0 Å². The van der Waals surface area contributed by atoms with E-state index in [1.165, 1.54) is 13.2 Å². The first-order chi connectivity index (χ1) is 7.77. The number of aryl methyl sites for hydroxylation is 1. The Morgan fingerprint density at radius 2 is 2.12 bits per heavy atom. The molecule has 0 aliphatic rings. The van der Waals surface area contributed by atoms with Crippen molar-refractivity contribution in [3.8, 4) is 0 Å². The molecule has 16 heavy (non-hydrogen) atoms. The SMILES string of the molecule is COC(=O)C=CCCc1ccccc1C=O. The summed E-state index contributed by atoms with van der Waals surface area (Å²) in [6.07, 6.45) is 5.43. The summed E-state index contributed by atoms with van der Waals surface area (Å²) in [6.45, 7) is 0. The molecule has 0 radical (unpaired) electrons. The second-order valence-electron chi connectivity index (χ2n) is 3.28. The zero-order valence-corrected chi connectivity index (χ0v) is 9.18. The van der Waals surface area contributed by atoms with Gasteiger partial charge in [-0.05, 0) is 18.4 Å². The van der Waals surface area contributed by atoms with E-state index in [0.29, 0.717) is 12.0 Å². The average Bonchev–Trinajstić information content (AvgIpc) is 2.34. The Balaban J connectivity index is 2.51. The molecule has 0 unspecified atom stereocenters. The first-order valence-electron chi connectivity index (χ1n) is 5.05. The van der Waals surface area contributed by atoms with E-state index in [2.05, 4.69) is 4.74 Å². The van der Waals surface area contributed by atoms with Gasteiger partial charge in [0.15, 0.2) is 0 Å². The van der Waals surface area contributed by atoms with Gasteiger partial charge in [-0.25, -0.2) is 4.79 Å². The topological polar surface area (TPSA) is 43.4 Å². The predicted molar refractivity (Wildman–Crippen MR) is 61.3 cm³/mol. The summed E-state index contributed by atoms with van der Waals surface area (Å²) in [5, 5.41) is 0. The Bertz CT molecular complexity index is 394. The number of benzene rings is 1. The summed E-state index contributed by atoms with van der Waals surface area (Å²) >= 11 is 0. The summed E-state index contributed by atoms with van der Waals surface area (Å²) in [6, 6.07) is 7.42. The third kappa shape index (κ3) is 3.69. The number of methoxy groups -OCH3 is 1. The highest BCUT2D eigenvalue weighted by Gasteiger charge is 1.98. The van der Waals surface area contributed by atoms with Gasteiger partial charge in [0.05, 0.1) is 7.11 Å². The fourth-order valence-electron chi connectivity index (χ4n) is 1.36. The lowest BCUT2D eigenvalue weighted by Crippen LogP contribution is -1.94. The molecule has 0 atom stereocenters. The van der Waals surface area contributed by atoms with E-state index in [1.54, 1.807) is 12.1 Å². The minimum atomic E-state index is -0.358. The van der Waals surface area contributed by atoms with Crippen LogP contribution in [0.15, 0.2) is 36.4 Å². The lowest BCUT2D eigenvalue weighted by Gasteiger charge is -2.01. The number of ether oxygens (including phenoxy) is 1. The van der Waals surface area contributed by atoms with Crippen molar-refractivity contribution in [2.45, 2.75) is 12.8 Å². The van der Waals surface area contributed by atoms with Crippen LogP contribution in [0.5, 0.6) is 0 Å². The van der Waals surface area contributed by atoms with Gasteiger partial charge in [-0.3, -0.25) is 4.79 Å². The summed E-state index contributed by atoms with van der Waals surface area (Å²) in [5.41, 5.74) is 1.70. The quantitative estimate of drug-likeness (QED) is 0.432. The molecule has 0 spiro atoms. The maximum Gasteiger partial charge on any atom is 0.330 e. The zero-order valence-electron chi connectivity index (χ0n) is 9.18. The van der Waals surface area contributed by atoms with E-state index in [9.17, 15) is 9.59 Å². The lowest BCUT2D eigenvalue weighted by molar-refractivity contribution is -0.134. The van der Waals surface area contributed by atoms with Crippen LogP contribution >= 0.6 is 0 Å². The molecule has 1 aromatic carbocycles. The Hall–Kier alpha value is -1.90. The highest BCUT2D eigenvalue weighted by Crippen LogP contribution is 2.09. The van der Waals surface area contributed by atoms with Crippen LogP contribution in [0.4, 0.5) is 0 Å². The van der Waals surface area contributed by atoms with Gasteiger partial charge < -0.3 is 4.74 Å². The third-order valence-corrected chi connectivity index (χ3v) is 2.22. The molecule has 0 aliphatic carbocycles. The van der Waals surface area contributed by atoms with Gasteiger partial charge in [0, 0.05) is 11.6 Å². The summed E-state index contributed by atoms with van der Waals surface area (Å²) in [4.78, 5) is 21.5. The van der Waals surface area contributed by atoms with E-state index in [4.69, 9.17) is 0 Å². The Morgan fingerprint density at radius 1 is 1.38 bits per heavy atom. The molecule has 0 saturated carbocycles. The number of allylic oxidation sites excluding steroid dienone is 1. The molecule has 3 heteroatoms. The molecule has 0 fully saturated rings. The molecule has 0 saturated heterocycles. The molecule has 1 rings (SSSR count). The molecule has 0 aliphatic heterocycles. The molecular formula is C13H14O3. The summed E-state index contributed by atoms with van der Waals surface area (Å²) in [5.74, 6) is -0.358. The van der Waals surface area contributed by atoms with Crippen LogP contribution in [-0.4, -0.2) is 19.4 Å². The van der Waals surface area contributed by atoms with Crippen LogP contribution in [-0.2, 0) is 16.0 Å². The largest absolute Gasteiger partial charge is 0.466 e. The number of hydrogen-bond acceptors (Lipinski definition) is 3. The molecule has 0 N–H and O–H groups in total. The van der Waals surface area contributed by atoms with Crippen LogP contribution in [0.2, 0.25) is 0 Å². The van der Waals surface area contributed by atoms with Crippen LogP contribution in [0, 0.1) is 0 Å². The van der Waals surface area contributed by atoms with E-state index in [1.807, 2.05) is 18.2 Å². The van der Waals surface area contributed by atoms with Crippen LogP contribution in [0.1, 0.15) is 22.3 Å². The van der Waals surface area contributed by atoms with E-state index >= 15 is 0 Å². The minimum absolute atomic E-state index is 0.358. The fraction of sp³-hybridized carbons (Fsp3) is 0.231. The highest BCUT2D eigenvalue weighted by atomic mass is 16.5. The van der Waals surface area contributed by atoms with Crippen LogP contribution < -0.4 is 0 Å². The van der Waals surface area contributed by atoms with Crippen LogP contribution in [0.25, 0.3) is 0 Å². The summed E-state index contributed by atoms with van der Waals surface area (Å²) in [7, 11) is 1.34. The number of esters is 1. The van der Waals surface area contributed by atoms with Gasteiger partial charge in [0.25, 0.3) is 0 Å². The number of carbonyl (C=O) groups is 2. The van der Waals surface area contributed by atoms with Crippen molar-refractivity contribution in [2.75, 3.05) is 7.11 Å². The van der Waals surface area contributed by atoms with Gasteiger partial charge in [0.1, 0.15) is 6.29 Å². The second kappa shape index (κ2) is 6.56. The smallest absolute Gasteiger partial charge is 0.330 e. The maximum absolute atomic E-state index is 10.8. The molecule has 0 aromatic heterocycles. The Labute approximate surface area is 94.7 Å². The highest BCUT2D eigenvalue weighted by molar-refractivity contribution is 5.81. The lowest BCUT2D eigenvalue weighted by atomic mass is 10.0. The average molecular weight is 218 g/mol. The molecule has 0 heterocycles. The fourth-order valence-corrected chi connectivity index (χ4v) is 1.36. The summed E-state index contributed by atoms with van der Waals surface area (Å²) < 4.78 is 4.47. The normalized spacial score (nSPS) is 10.3. The third-order valence-electron chi connectivity index (χ3n) is 2.22. The van der Waals surface area contributed by atoms with E-state index in [-0.39, 0.29) is 5.97 Å². The van der Waals surface area contributed by atoms with Crippen molar-refractivity contribution >= 4 is 12.3 Å². The number of rotatable bonds is 5. The minimum Gasteiger partial charge on any atom is -0.466 e. The Morgan fingerprint density at radius 3 is 2.81 bits per heavy atom. The van der Waals surface area contributed by atoms with E-state index in [0.717, 1.165) is 18.3 Å². The molecule has 3 nitrogen and oxygen atoms in total. The predicted octanol–water partition coefficient (Wildman–Crippen LogP) is 2.16. The monoisotopic (exact) mass is 218 g/mol. The molecule has 0 bridgehead atoms. The number of hydrogen-bond donors (Lipinski definition) is 0. The second-order valence-corrected chi connectivity index (χ2v) is 3.28. The van der Waals surface area contributed by atoms with Crippen molar-refractivity contribution in [2.24, 2.45) is 0 Å². The van der Waals surface area contributed by atoms with Gasteiger partial charge in [-0.15, -0.1) is 0 Å². The van der Waals surface area contributed by atoms with Crippen molar-refractivity contribution in [1.82, 2.24) is 0 Å². The molecule has 84 valence electrons. The van der Waals surface area contributed by atoms with Crippen molar-refractivity contribution < 1.29 is 14.3 Å². The molecule has 0 amide bonds. The number of carbonyl (C=O) groups excluding carboxylic acids is 2. The first-order valence-corrected chi connectivity index (χ1v) is 5.05. The van der Waals surface area contributed by atoms with E-state index < -0.39 is 0 Å². The zero-order chi connectivity index (χ0) is 11.8. The standard InChI is InChI=1S/C13H14O3/c1-16-13(15)9-5-4-7-11-6-2-3-8-12(11)10-14/h2-3,5-6,8-10H,4,7H2,1H3. The Kier molecular flexibility index (Phi) is 4.99. The van der Waals surface area contributed by atoms with Crippen LogP contribution in [0.3, 0.4) is 0 Å². The maximum atomic E-state index is 10.8. The van der Waals surface area contributed by atoms with Gasteiger partial charge in [-0.2, -0.15) is 0 Å². The molecular weight excluding hydrogens is 204 g/mol. The number of aldehydes is 1. The molecule has 1 aromatic rings. The van der Waals surface area contributed by atoms with Gasteiger partial charge >= 0.3 is 5.97 Å². The van der Waals surface area contributed by atoms with Crippen molar-refractivity contribution in [3.05, 3.63) is 47.5 Å². The van der Waals surface area contributed by atoms with Gasteiger partial charge in [-0.1, -0.05) is 30.3 Å². The first kappa shape index (κ1) is 12.2. The van der Waals surface area contributed by atoms with Gasteiger partial charge in [0.2, 0.25) is 0 Å². The van der Waals surface area contributed by atoms with Crippen molar-refractivity contribution in [3.63, 3.8) is 0 Å².